The van der Waals surface area contributed by atoms with Gasteiger partial charge in [-0.2, -0.15) is 19.2 Å². The molecule has 264 valence electrons. The highest BCUT2D eigenvalue weighted by Gasteiger charge is 2.24. The number of fused-ring (bicyclic) bond motifs is 1. The van der Waals surface area contributed by atoms with E-state index >= 15 is 0 Å². The monoisotopic (exact) mass is 844 g/mol. The molecule has 0 aliphatic carbocycles. The highest BCUT2D eigenvalue weighted by molar-refractivity contribution is 9.10. The van der Waals surface area contributed by atoms with Gasteiger partial charge in [0.05, 0.1) is 7.11 Å². The minimum atomic E-state index is -2.23. The third-order valence-corrected chi connectivity index (χ3v) is 12.5. The number of benzene rings is 5. The van der Waals surface area contributed by atoms with E-state index in [2.05, 4.69) is 73.7 Å². The Morgan fingerprint density at radius 3 is 1.44 bits per heavy atom. The Labute approximate surface area is 316 Å². The first kappa shape index (κ1) is 42.6. The van der Waals surface area contributed by atoms with Crippen LogP contribution in [0.15, 0.2) is 146 Å². The molecule has 0 bridgehead atoms. The van der Waals surface area contributed by atoms with Crippen LogP contribution in [0.1, 0.15) is 11.1 Å². The molecule has 1 N–H and O–H groups in total. The van der Waals surface area contributed by atoms with Crippen molar-refractivity contribution in [2.24, 2.45) is 0 Å². The predicted molar refractivity (Wildman–Crippen MR) is 208 cm³/mol. The summed E-state index contributed by atoms with van der Waals surface area (Å²) in [4.78, 5) is 54.7. The van der Waals surface area contributed by atoms with Crippen LogP contribution in [0.4, 0.5) is 0 Å². The lowest BCUT2D eigenvalue weighted by Crippen LogP contribution is -2.25. The molecule has 0 spiro atoms. The fraction of sp³-hybridized carbons (Fsp3) is 0.0750. The Hall–Kier alpha value is -5.58. The Morgan fingerprint density at radius 1 is 0.615 bits per heavy atom. The number of methoxy groups -OCH3 is 1. The van der Waals surface area contributed by atoms with Crippen LogP contribution in [0, 0.1) is 13.8 Å². The number of halogens is 2. The van der Waals surface area contributed by atoms with Gasteiger partial charge in [-0.05, 0) is 71.1 Å². The number of rotatable bonds is 4. The van der Waals surface area contributed by atoms with Crippen molar-refractivity contribution in [2.75, 3.05) is 7.11 Å². The molecule has 6 aromatic rings. The average molecular weight is 846 g/mol. The molecule has 5 aromatic carbocycles. The zero-order valence-corrected chi connectivity index (χ0v) is 32.1. The van der Waals surface area contributed by atoms with Crippen LogP contribution in [0.5, 0.6) is 11.5 Å². The average Bonchev–Trinajstić information content (AvgIpc) is 3.16. The van der Waals surface area contributed by atoms with E-state index in [9.17, 15) is 14.7 Å². The molecule has 0 saturated carbocycles. The quantitative estimate of drug-likeness (QED) is 0.113. The maximum Gasteiger partial charge on any atom is 0.373 e. The van der Waals surface area contributed by atoms with Crippen molar-refractivity contribution in [2.45, 2.75) is 13.8 Å². The summed E-state index contributed by atoms with van der Waals surface area (Å²) in [6, 6.07) is 40.6. The first-order chi connectivity index (χ1) is 25.1. The highest BCUT2D eigenvalue weighted by atomic mass is 79.9. The van der Waals surface area contributed by atoms with E-state index < -0.39 is 6.89 Å². The first-order valence-electron chi connectivity index (χ1n) is 15.0. The predicted octanol–water partition coefficient (Wildman–Crippen LogP) is 6.94. The van der Waals surface area contributed by atoms with Crippen LogP contribution in [-0.4, -0.2) is 35.9 Å². The van der Waals surface area contributed by atoms with Crippen molar-refractivity contribution in [3.8, 4) is 11.5 Å². The number of phenols is 1. The second kappa shape index (κ2) is 22.3. The van der Waals surface area contributed by atoms with Crippen LogP contribution in [-0.2, 0) is 24.0 Å². The van der Waals surface area contributed by atoms with Crippen molar-refractivity contribution in [3.63, 3.8) is 0 Å². The van der Waals surface area contributed by atoms with Gasteiger partial charge in [-0.1, -0.05) is 123 Å². The maximum absolute atomic E-state index is 11.3. The second-order valence-corrected chi connectivity index (χ2v) is 14.9. The molecule has 0 amide bonds. The number of ether oxygens (including phenoxy) is 1. The summed E-state index contributed by atoms with van der Waals surface area (Å²) in [5, 5.41) is 13.6. The summed E-state index contributed by atoms with van der Waals surface area (Å²) in [7, 11) is 1.54. The molecule has 9 nitrogen and oxygen atoms in total. The molecular formula is C40H31Br2O9P. The van der Waals surface area contributed by atoms with Crippen molar-refractivity contribution in [3.05, 3.63) is 158 Å². The van der Waals surface area contributed by atoms with Crippen molar-refractivity contribution >= 4 is 89.3 Å². The molecule has 0 atom stereocenters. The summed E-state index contributed by atoms with van der Waals surface area (Å²) in [6.07, 6.45) is 0.500. The normalized spacial score (nSPS) is 9.48. The minimum absolute atomic E-state index is 0.174. The van der Waals surface area contributed by atoms with E-state index in [1.807, 2.05) is 80.5 Å². The van der Waals surface area contributed by atoms with Gasteiger partial charge in [0.1, 0.15) is 5.58 Å². The van der Waals surface area contributed by atoms with Crippen molar-refractivity contribution in [1.29, 1.82) is 0 Å². The lowest BCUT2D eigenvalue weighted by atomic mass is 10.1. The molecule has 1 heterocycles. The molecule has 0 saturated heterocycles. The molecule has 6 rings (SSSR count). The van der Waals surface area contributed by atoms with Gasteiger partial charge in [0.25, 0.3) is 0 Å². The molecule has 0 radical (unpaired) electrons. The van der Waals surface area contributed by atoms with E-state index in [4.69, 9.17) is 28.3 Å². The topological polar surface area (TPSA) is 145 Å². The van der Waals surface area contributed by atoms with Gasteiger partial charge in [0, 0.05) is 32.8 Å². The summed E-state index contributed by atoms with van der Waals surface area (Å²) < 4.78 is 12.0. The summed E-state index contributed by atoms with van der Waals surface area (Å²) in [5.74, 6) is 2.65. The summed E-state index contributed by atoms with van der Waals surface area (Å²) >= 11 is 6.74. The second-order valence-electron chi connectivity index (χ2n) is 10.1. The van der Waals surface area contributed by atoms with Gasteiger partial charge >= 0.3 is 17.9 Å². The van der Waals surface area contributed by atoms with Crippen molar-refractivity contribution in [1.82, 2.24) is 0 Å². The van der Waals surface area contributed by atoms with E-state index in [1.165, 1.54) is 13.2 Å². The number of phenolic OH excluding ortho intramolecular Hbond substituents is 1. The number of aryl methyl sites for hydroxylation is 1. The van der Waals surface area contributed by atoms with Crippen LogP contribution in [0.25, 0.3) is 11.0 Å². The Kier molecular flexibility index (Phi) is 18.2. The molecule has 0 aliphatic rings. The standard InChI is InChI=1S/C20H15OP.C10H7BrO2.C8H9BrO2.2CO2/c21-16-17-22(18-10-4-1-5-11-18,19-12-6-2-7-13-19)20-14-8-3-9-15-20;1-6-7-2-5-10(12)13-9(7)4-3-8(6)11;1-5-6(9)3-4-7(10)8(5)11-2;2*2-1-3/h1-15H;2-5H,1H3;3-4,10H,1-2H3;;. The van der Waals surface area contributed by atoms with Gasteiger partial charge in [-0.15, -0.1) is 0 Å². The summed E-state index contributed by atoms with van der Waals surface area (Å²) in [5.41, 5.74) is 5.37. The minimum Gasteiger partial charge on any atom is -0.504 e. The number of carbonyl (C=O) groups excluding carboxylic acids is 5. The van der Waals surface area contributed by atoms with Gasteiger partial charge in [0.2, 0.25) is 0 Å². The van der Waals surface area contributed by atoms with Gasteiger partial charge in [-0.25, -0.2) is 9.59 Å². The van der Waals surface area contributed by atoms with Crippen molar-refractivity contribution < 1.29 is 38.2 Å². The molecule has 12 heteroatoms. The molecule has 1 aromatic heterocycles. The van der Waals surface area contributed by atoms with Gasteiger partial charge in [-0.3, -0.25) is 0 Å². The maximum atomic E-state index is 11.3. The molecular weight excluding hydrogens is 815 g/mol. The highest BCUT2D eigenvalue weighted by Crippen LogP contribution is 2.42. The van der Waals surface area contributed by atoms with Gasteiger partial charge in [0.15, 0.2) is 17.4 Å². The Balaban J connectivity index is 0.000000267. The van der Waals surface area contributed by atoms with Crippen LogP contribution < -0.4 is 26.3 Å². The molecule has 0 fully saturated rings. The smallest absolute Gasteiger partial charge is 0.373 e. The zero-order chi connectivity index (χ0) is 38.5. The molecule has 0 aliphatic heterocycles. The fourth-order valence-corrected chi connectivity index (χ4v) is 8.78. The Morgan fingerprint density at radius 2 is 1.04 bits per heavy atom. The number of aromatic hydroxyl groups is 1. The molecule has 0 unspecified atom stereocenters. The number of hydrogen-bond donors (Lipinski definition) is 1. The summed E-state index contributed by atoms with van der Waals surface area (Å²) in [6.45, 7) is 1.63. The fourth-order valence-electron chi connectivity index (χ4n) is 4.84. The SMILES string of the molecule is COc1c(O)ccc(Br)c1C.Cc1c(Br)ccc2oc(=O)ccc12.O=C=C=P(c1ccccc1)(c1ccccc1)c1ccccc1.O=C=O.O=C=O. The first-order valence-corrected chi connectivity index (χ1v) is 18.3. The van der Waals surface area contributed by atoms with Crippen LogP contribution in [0.3, 0.4) is 0 Å². The molecule has 52 heavy (non-hydrogen) atoms. The van der Waals surface area contributed by atoms with Gasteiger partial charge < -0.3 is 14.3 Å². The van der Waals surface area contributed by atoms with Crippen LogP contribution in [0.2, 0.25) is 0 Å². The largest absolute Gasteiger partial charge is 0.504 e. The van der Waals surface area contributed by atoms with E-state index in [-0.39, 0.29) is 23.7 Å². The Bertz CT molecular complexity index is 2190. The third kappa shape index (κ3) is 11.5. The van der Waals surface area contributed by atoms with E-state index in [0.29, 0.717) is 11.3 Å². The number of hydrogen-bond acceptors (Lipinski definition) is 9. The lowest BCUT2D eigenvalue weighted by molar-refractivity contribution is -0.193. The third-order valence-electron chi connectivity index (χ3n) is 7.17. The lowest BCUT2D eigenvalue weighted by Gasteiger charge is -2.24. The zero-order valence-electron chi connectivity index (χ0n) is 28.0. The van der Waals surface area contributed by atoms with E-state index in [1.54, 1.807) is 24.3 Å². The van der Waals surface area contributed by atoms with Crippen LogP contribution >= 0.6 is 38.7 Å². The van der Waals surface area contributed by atoms with E-state index in [0.717, 1.165) is 41.4 Å².